The molecule has 110 valence electrons. The van der Waals surface area contributed by atoms with Gasteiger partial charge in [-0.15, -0.1) is 0 Å². The van der Waals surface area contributed by atoms with Gasteiger partial charge in [-0.25, -0.2) is 9.78 Å². The molecule has 0 saturated heterocycles. The van der Waals surface area contributed by atoms with E-state index in [4.69, 9.17) is 21.4 Å². The molecule has 1 amide bonds. The van der Waals surface area contributed by atoms with Gasteiger partial charge in [0.1, 0.15) is 5.69 Å². The van der Waals surface area contributed by atoms with E-state index in [0.717, 1.165) is 5.39 Å². The van der Waals surface area contributed by atoms with Crippen molar-refractivity contribution in [2.75, 3.05) is 13.7 Å². The molecule has 6 nitrogen and oxygen atoms in total. The molecule has 0 bridgehead atoms. The molecule has 1 atom stereocenters. The summed E-state index contributed by atoms with van der Waals surface area (Å²) in [5.41, 5.74) is 0.718. The van der Waals surface area contributed by atoms with E-state index in [1.54, 1.807) is 18.2 Å². The van der Waals surface area contributed by atoms with Crippen LogP contribution in [0, 0.1) is 0 Å². The third kappa shape index (κ3) is 3.48. The molecule has 2 N–H and O–H groups in total. The van der Waals surface area contributed by atoms with Gasteiger partial charge in [-0.2, -0.15) is 0 Å². The van der Waals surface area contributed by atoms with Crippen molar-refractivity contribution in [1.29, 1.82) is 0 Å². The second-order valence-electron chi connectivity index (χ2n) is 4.28. The number of rotatable bonds is 5. The van der Waals surface area contributed by atoms with Crippen LogP contribution in [-0.2, 0) is 9.53 Å². The molecule has 2 aromatic rings. The fraction of sp³-hybridized carbons (Fsp3) is 0.214. The van der Waals surface area contributed by atoms with E-state index in [1.807, 2.05) is 6.07 Å². The summed E-state index contributed by atoms with van der Waals surface area (Å²) in [6.45, 7) is -0.156. The molecular weight excluding hydrogens is 296 g/mol. The topological polar surface area (TPSA) is 88.5 Å². The molecule has 0 saturated carbocycles. The molecule has 1 unspecified atom stereocenters. The Balaban J connectivity index is 2.18. The highest BCUT2D eigenvalue weighted by Gasteiger charge is 2.18. The van der Waals surface area contributed by atoms with Crippen molar-refractivity contribution < 1.29 is 19.4 Å². The maximum absolute atomic E-state index is 12.0. The minimum atomic E-state index is -1.15. The zero-order chi connectivity index (χ0) is 15.4. The Bertz CT molecular complexity index is 690. The quantitative estimate of drug-likeness (QED) is 0.878. The number of aliphatic carboxylic acids is 1. The number of hydrogen-bond donors (Lipinski definition) is 2. The molecule has 21 heavy (non-hydrogen) atoms. The average Bonchev–Trinajstić information content (AvgIpc) is 2.47. The van der Waals surface area contributed by atoms with E-state index in [0.29, 0.717) is 10.5 Å². The second kappa shape index (κ2) is 6.51. The highest BCUT2D eigenvalue weighted by molar-refractivity contribution is 6.35. The number of para-hydroxylation sites is 1. The smallest absolute Gasteiger partial charge is 0.334 e. The number of nitrogens with one attached hydrogen (secondary N) is 1. The lowest BCUT2D eigenvalue weighted by Gasteiger charge is -2.11. The van der Waals surface area contributed by atoms with Crippen molar-refractivity contribution in [1.82, 2.24) is 10.3 Å². The Kier molecular flexibility index (Phi) is 4.72. The lowest BCUT2D eigenvalue weighted by atomic mass is 10.2. The largest absolute Gasteiger partial charge is 0.479 e. The molecular formula is C14H13ClN2O4. The van der Waals surface area contributed by atoms with Gasteiger partial charge in [0, 0.05) is 12.5 Å². The highest BCUT2D eigenvalue weighted by Crippen LogP contribution is 2.22. The molecule has 7 heteroatoms. The maximum Gasteiger partial charge on any atom is 0.334 e. The number of carboxylic acid groups (broad SMARTS) is 1. The van der Waals surface area contributed by atoms with Crippen LogP contribution in [0.5, 0.6) is 0 Å². The van der Waals surface area contributed by atoms with E-state index in [-0.39, 0.29) is 12.2 Å². The van der Waals surface area contributed by atoms with Crippen LogP contribution >= 0.6 is 11.6 Å². The third-order valence-electron chi connectivity index (χ3n) is 2.91. The number of carboxylic acids is 1. The first-order valence-corrected chi connectivity index (χ1v) is 6.50. The number of benzene rings is 1. The van der Waals surface area contributed by atoms with Gasteiger partial charge in [-0.1, -0.05) is 29.8 Å². The molecule has 0 spiro atoms. The minimum absolute atomic E-state index is 0.124. The minimum Gasteiger partial charge on any atom is -0.479 e. The first-order chi connectivity index (χ1) is 10.0. The van der Waals surface area contributed by atoms with Gasteiger partial charge in [0.2, 0.25) is 0 Å². The monoisotopic (exact) mass is 308 g/mol. The number of carbonyl (C=O) groups excluding carboxylic acids is 1. The van der Waals surface area contributed by atoms with Crippen LogP contribution in [0.25, 0.3) is 10.9 Å². The summed E-state index contributed by atoms with van der Waals surface area (Å²) < 4.78 is 4.73. The molecule has 0 aliphatic carbocycles. The number of methoxy groups -OCH3 is 1. The summed E-state index contributed by atoms with van der Waals surface area (Å²) in [5.74, 6) is -1.66. The van der Waals surface area contributed by atoms with Crippen molar-refractivity contribution >= 4 is 34.4 Å². The van der Waals surface area contributed by atoms with Crippen molar-refractivity contribution in [3.8, 4) is 0 Å². The predicted octanol–water partition coefficient (Wildman–Crippen LogP) is 1.72. The molecule has 1 aromatic carbocycles. The number of aromatic nitrogens is 1. The van der Waals surface area contributed by atoms with Crippen molar-refractivity contribution in [2.45, 2.75) is 6.10 Å². The summed E-state index contributed by atoms with van der Waals surface area (Å²) in [6.07, 6.45) is -1.11. The van der Waals surface area contributed by atoms with Crippen LogP contribution in [0.1, 0.15) is 10.5 Å². The molecule has 0 radical (unpaired) electrons. The summed E-state index contributed by atoms with van der Waals surface area (Å²) in [4.78, 5) is 27.0. The summed E-state index contributed by atoms with van der Waals surface area (Å²) in [5, 5.41) is 12.4. The van der Waals surface area contributed by atoms with Gasteiger partial charge in [0.25, 0.3) is 5.91 Å². The van der Waals surface area contributed by atoms with E-state index in [9.17, 15) is 9.59 Å². The second-order valence-corrected chi connectivity index (χ2v) is 4.69. The first kappa shape index (κ1) is 15.2. The molecule has 0 aliphatic heterocycles. The normalized spacial score (nSPS) is 12.1. The van der Waals surface area contributed by atoms with Gasteiger partial charge < -0.3 is 15.2 Å². The Morgan fingerprint density at radius 2 is 2.14 bits per heavy atom. The standard InChI is InChI=1S/C14H13ClN2O4/c1-21-12(14(19)20)7-16-13(18)11-6-9(15)8-4-2-3-5-10(8)17-11/h2-6,12H,7H2,1H3,(H,16,18)(H,19,20). The zero-order valence-corrected chi connectivity index (χ0v) is 11.9. The predicted molar refractivity (Wildman–Crippen MR) is 77.5 cm³/mol. The molecule has 2 rings (SSSR count). The Labute approximate surface area is 125 Å². The van der Waals surface area contributed by atoms with Crippen LogP contribution in [0.3, 0.4) is 0 Å². The number of fused-ring (bicyclic) bond motifs is 1. The summed E-state index contributed by atoms with van der Waals surface area (Å²) >= 11 is 6.11. The molecule has 1 aromatic heterocycles. The lowest BCUT2D eigenvalue weighted by molar-refractivity contribution is -0.148. The number of hydrogen-bond acceptors (Lipinski definition) is 4. The Morgan fingerprint density at radius 3 is 2.81 bits per heavy atom. The van der Waals surface area contributed by atoms with Crippen molar-refractivity contribution in [2.24, 2.45) is 0 Å². The van der Waals surface area contributed by atoms with Crippen LogP contribution in [0.4, 0.5) is 0 Å². The summed E-state index contributed by atoms with van der Waals surface area (Å²) in [6, 6.07) is 8.61. The van der Waals surface area contributed by atoms with E-state index < -0.39 is 18.0 Å². The van der Waals surface area contributed by atoms with Gasteiger partial charge in [-0.05, 0) is 12.1 Å². The Morgan fingerprint density at radius 1 is 1.43 bits per heavy atom. The van der Waals surface area contributed by atoms with Gasteiger partial charge in [0.15, 0.2) is 6.10 Å². The number of halogens is 1. The van der Waals surface area contributed by atoms with Crippen LogP contribution in [0.2, 0.25) is 5.02 Å². The molecule has 1 heterocycles. The van der Waals surface area contributed by atoms with Gasteiger partial charge >= 0.3 is 5.97 Å². The van der Waals surface area contributed by atoms with E-state index in [1.165, 1.54) is 13.2 Å². The molecule has 0 fully saturated rings. The lowest BCUT2D eigenvalue weighted by Crippen LogP contribution is -2.38. The number of ether oxygens (including phenoxy) is 1. The van der Waals surface area contributed by atoms with Crippen molar-refractivity contribution in [3.05, 3.63) is 41.0 Å². The van der Waals surface area contributed by atoms with Crippen LogP contribution in [0.15, 0.2) is 30.3 Å². The van der Waals surface area contributed by atoms with Crippen LogP contribution in [-0.4, -0.2) is 41.7 Å². The number of nitrogens with zero attached hydrogens (tertiary/aromatic N) is 1. The Hall–Kier alpha value is -2.18. The van der Waals surface area contributed by atoms with Gasteiger partial charge in [-0.3, -0.25) is 4.79 Å². The van der Waals surface area contributed by atoms with Crippen LogP contribution < -0.4 is 5.32 Å². The van der Waals surface area contributed by atoms with Crippen molar-refractivity contribution in [3.63, 3.8) is 0 Å². The summed E-state index contributed by atoms with van der Waals surface area (Å²) in [7, 11) is 1.26. The third-order valence-corrected chi connectivity index (χ3v) is 3.22. The molecule has 0 aliphatic rings. The highest BCUT2D eigenvalue weighted by atomic mass is 35.5. The fourth-order valence-corrected chi connectivity index (χ4v) is 2.06. The fourth-order valence-electron chi connectivity index (χ4n) is 1.80. The first-order valence-electron chi connectivity index (χ1n) is 6.12. The number of pyridine rings is 1. The average molecular weight is 309 g/mol. The SMILES string of the molecule is COC(CNC(=O)c1cc(Cl)c2ccccc2n1)C(=O)O. The van der Waals surface area contributed by atoms with E-state index >= 15 is 0 Å². The zero-order valence-electron chi connectivity index (χ0n) is 11.2. The number of amides is 1. The van der Waals surface area contributed by atoms with E-state index in [2.05, 4.69) is 10.3 Å². The maximum atomic E-state index is 12.0. The number of carbonyl (C=O) groups is 2. The van der Waals surface area contributed by atoms with Gasteiger partial charge in [0.05, 0.1) is 17.1 Å².